The highest BCUT2D eigenvalue weighted by Crippen LogP contribution is 2.32. The molecule has 9 heteroatoms. The fourth-order valence-electron chi connectivity index (χ4n) is 5.15. The van der Waals surface area contributed by atoms with Crippen molar-refractivity contribution in [1.82, 2.24) is 20.0 Å². The van der Waals surface area contributed by atoms with Gasteiger partial charge >= 0.3 is 12.0 Å². The maximum Gasteiger partial charge on any atom is 0.338 e. The molecule has 2 aliphatic rings. The second-order valence-corrected chi connectivity index (χ2v) is 9.71. The summed E-state index contributed by atoms with van der Waals surface area (Å²) in [7, 11) is 0. The molecule has 0 spiro atoms. The highest BCUT2D eigenvalue weighted by atomic mass is 19.1. The smallest absolute Gasteiger partial charge is 0.338 e. The van der Waals surface area contributed by atoms with Crippen LogP contribution in [0, 0.1) is 12.7 Å². The van der Waals surface area contributed by atoms with E-state index < -0.39 is 17.8 Å². The molecule has 1 N–H and O–H groups in total. The number of rotatable bonds is 7. The highest BCUT2D eigenvalue weighted by molar-refractivity contribution is 5.95. The summed E-state index contributed by atoms with van der Waals surface area (Å²) >= 11 is 0. The number of carbonyl (C=O) groups is 3. The third-order valence-electron chi connectivity index (χ3n) is 7.08. The van der Waals surface area contributed by atoms with E-state index in [-0.39, 0.29) is 24.6 Å². The Morgan fingerprint density at radius 1 is 1.11 bits per heavy atom. The number of ether oxygens (including phenoxy) is 1. The van der Waals surface area contributed by atoms with Gasteiger partial charge in [-0.05, 0) is 57.5 Å². The molecule has 8 nitrogen and oxygen atoms in total. The Hall–Kier alpha value is -3.72. The van der Waals surface area contributed by atoms with Crippen LogP contribution < -0.4 is 5.32 Å². The molecular formula is C29H35FN4O4. The van der Waals surface area contributed by atoms with Crippen LogP contribution in [0.25, 0.3) is 0 Å². The minimum Gasteiger partial charge on any atom is -0.463 e. The van der Waals surface area contributed by atoms with Crippen molar-refractivity contribution in [2.75, 3.05) is 39.3 Å². The van der Waals surface area contributed by atoms with Gasteiger partial charge in [0.2, 0.25) is 0 Å². The van der Waals surface area contributed by atoms with E-state index in [0.717, 1.165) is 5.56 Å². The first-order valence-electron chi connectivity index (χ1n) is 13.1. The number of urea groups is 1. The van der Waals surface area contributed by atoms with E-state index in [4.69, 9.17) is 4.74 Å². The maximum atomic E-state index is 14.1. The van der Waals surface area contributed by atoms with Crippen molar-refractivity contribution in [2.24, 2.45) is 0 Å². The number of nitrogens with zero attached hydrogens (tertiary/aromatic N) is 3. The summed E-state index contributed by atoms with van der Waals surface area (Å²) < 4.78 is 19.5. The van der Waals surface area contributed by atoms with Crippen molar-refractivity contribution >= 4 is 17.9 Å². The van der Waals surface area contributed by atoms with Crippen LogP contribution in [0.4, 0.5) is 9.18 Å². The second kappa shape index (κ2) is 11.8. The summed E-state index contributed by atoms with van der Waals surface area (Å²) in [6.45, 7) is 10.0. The van der Waals surface area contributed by atoms with Gasteiger partial charge in [-0.25, -0.2) is 14.0 Å². The lowest BCUT2D eigenvalue weighted by Crippen LogP contribution is -2.56. The van der Waals surface area contributed by atoms with Gasteiger partial charge in [-0.15, -0.1) is 0 Å². The molecule has 2 aliphatic heterocycles. The van der Waals surface area contributed by atoms with E-state index in [0.29, 0.717) is 55.1 Å². The molecule has 2 aromatic rings. The predicted molar refractivity (Wildman–Crippen MR) is 142 cm³/mol. The van der Waals surface area contributed by atoms with Gasteiger partial charge in [0.05, 0.1) is 18.2 Å². The van der Waals surface area contributed by atoms with Crippen molar-refractivity contribution in [3.63, 3.8) is 0 Å². The predicted octanol–water partition coefficient (Wildman–Crippen LogP) is 3.88. The van der Waals surface area contributed by atoms with Gasteiger partial charge in [0.15, 0.2) is 0 Å². The quantitative estimate of drug-likeness (QED) is 0.558. The van der Waals surface area contributed by atoms with Gasteiger partial charge in [0.25, 0.3) is 5.91 Å². The van der Waals surface area contributed by atoms with E-state index in [9.17, 15) is 18.8 Å². The van der Waals surface area contributed by atoms with Crippen LogP contribution in [0.15, 0.2) is 59.8 Å². The highest BCUT2D eigenvalue weighted by Gasteiger charge is 2.39. The molecule has 1 saturated heterocycles. The maximum absolute atomic E-state index is 14.1. The number of piperazine rings is 1. The van der Waals surface area contributed by atoms with Crippen molar-refractivity contribution in [3.8, 4) is 0 Å². The van der Waals surface area contributed by atoms with E-state index in [1.165, 1.54) is 17.0 Å². The Bertz CT molecular complexity index is 1230. The summed E-state index contributed by atoms with van der Waals surface area (Å²) in [5.41, 5.74) is 3.05. The van der Waals surface area contributed by atoms with Crippen LogP contribution >= 0.6 is 0 Å². The molecule has 38 heavy (non-hydrogen) atoms. The van der Waals surface area contributed by atoms with Crippen LogP contribution in [0.5, 0.6) is 0 Å². The lowest BCUT2D eigenvalue weighted by molar-refractivity contribution is -0.139. The van der Waals surface area contributed by atoms with E-state index >= 15 is 0 Å². The number of esters is 1. The molecule has 2 heterocycles. The molecule has 202 valence electrons. The Kier molecular flexibility index (Phi) is 8.46. The summed E-state index contributed by atoms with van der Waals surface area (Å²) in [4.78, 5) is 45.1. The summed E-state index contributed by atoms with van der Waals surface area (Å²) in [5, 5.41) is 2.86. The summed E-state index contributed by atoms with van der Waals surface area (Å²) in [5.74, 6) is -1.01. The van der Waals surface area contributed by atoms with Crippen LogP contribution in [0.2, 0.25) is 0 Å². The first-order chi connectivity index (χ1) is 18.2. The number of hydrogen-bond acceptors (Lipinski definition) is 5. The molecule has 4 rings (SSSR count). The first-order valence-corrected chi connectivity index (χ1v) is 13.1. The lowest BCUT2D eigenvalue weighted by Gasteiger charge is -2.43. The minimum atomic E-state index is -0.836. The van der Waals surface area contributed by atoms with Gasteiger partial charge in [0.1, 0.15) is 5.82 Å². The molecule has 0 bridgehead atoms. The molecule has 3 amide bonds. The summed E-state index contributed by atoms with van der Waals surface area (Å²) in [6.07, 6.45) is 0. The van der Waals surface area contributed by atoms with Crippen LogP contribution in [0.3, 0.4) is 0 Å². The zero-order valence-electron chi connectivity index (χ0n) is 22.4. The zero-order chi connectivity index (χ0) is 27.4. The van der Waals surface area contributed by atoms with Gasteiger partial charge in [-0.2, -0.15) is 0 Å². The van der Waals surface area contributed by atoms with E-state index in [1.54, 1.807) is 19.1 Å². The Morgan fingerprint density at radius 2 is 1.84 bits per heavy atom. The van der Waals surface area contributed by atoms with Crippen LogP contribution in [0.1, 0.15) is 48.3 Å². The van der Waals surface area contributed by atoms with Gasteiger partial charge < -0.3 is 15.0 Å². The number of amides is 3. The number of benzene rings is 2. The third-order valence-corrected chi connectivity index (χ3v) is 7.08. The fourth-order valence-corrected chi connectivity index (χ4v) is 5.15. The molecule has 1 fully saturated rings. The third kappa shape index (κ3) is 5.72. The van der Waals surface area contributed by atoms with E-state index in [2.05, 4.69) is 10.2 Å². The van der Waals surface area contributed by atoms with Crippen molar-refractivity contribution < 1.29 is 23.5 Å². The van der Waals surface area contributed by atoms with Gasteiger partial charge in [-0.1, -0.05) is 29.8 Å². The molecule has 2 atom stereocenters. The summed E-state index contributed by atoms with van der Waals surface area (Å²) in [6, 6.07) is 12.2. The Morgan fingerprint density at radius 3 is 2.47 bits per heavy atom. The van der Waals surface area contributed by atoms with Crippen LogP contribution in [-0.4, -0.2) is 78.0 Å². The molecule has 0 aliphatic carbocycles. The number of carbonyl (C=O) groups excluding carboxylic acids is 3. The molecule has 0 saturated carbocycles. The van der Waals surface area contributed by atoms with E-state index in [1.807, 2.05) is 49.9 Å². The monoisotopic (exact) mass is 522 g/mol. The zero-order valence-corrected chi connectivity index (χ0v) is 22.4. The minimum absolute atomic E-state index is 0.0121. The normalized spacial score (nSPS) is 20.4. The topological polar surface area (TPSA) is 82.2 Å². The van der Waals surface area contributed by atoms with Crippen molar-refractivity contribution in [2.45, 2.75) is 39.8 Å². The second-order valence-electron chi connectivity index (χ2n) is 9.71. The average molecular weight is 523 g/mol. The van der Waals surface area contributed by atoms with Gasteiger partial charge in [0, 0.05) is 50.0 Å². The van der Waals surface area contributed by atoms with Crippen molar-refractivity contribution in [1.29, 1.82) is 0 Å². The number of aryl methyl sites for hydroxylation is 1. The number of hydrogen-bond donors (Lipinski definition) is 1. The molecule has 0 radical (unpaired) electrons. The SMILES string of the molecule is CCOC(=O)C1=C(CN2CCN(C(=O)c3ccc(C)cc3)C(C)C2)N(CC)C(=O)NC1c1cccc(F)c1. The average Bonchev–Trinajstić information content (AvgIpc) is 2.89. The number of nitrogens with one attached hydrogen (secondary N) is 1. The fraction of sp³-hybridized carbons (Fsp3) is 0.414. The van der Waals surface area contributed by atoms with Crippen molar-refractivity contribution in [3.05, 3.63) is 82.3 Å². The standard InChI is InChI=1S/C29H35FN4O4/c1-5-33-24(18-32-14-15-34(20(4)17-32)27(35)21-12-10-19(3)11-13-21)25(28(36)38-6-2)26(31-29(33)37)22-8-7-9-23(30)16-22/h7-13,16,20,26H,5-6,14-15,17-18H2,1-4H3,(H,31,37). The Labute approximate surface area is 223 Å². The van der Waals surface area contributed by atoms with Gasteiger partial charge in [-0.3, -0.25) is 14.6 Å². The molecular weight excluding hydrogens is 487 g/mol. The Balaban J connectivity index is 1.62. The molecule has 2 aromatic carbocycles. The first kappa shape index (κ1) is 27.3. The number of likely N-dealkylation sites (N-methyl/N-ethyl adjacent to an activating group) is 1. The lowest BCUT2D eigenvalue weighted by atomic mass is 9.94. The van der Waals surface area contributed by atoms with Crippen LogP contribution in [-0.2, 0) is 9.53 Å². The molecule has 0 aromatic heterocycles. The largest absolute Gasteiger partial charge is 0.463 e. The number of halogens is 1. The molecule has 2 unspecified atom stereocenters.